The van der Waals surface area contributed by atoms with Gasteiger partial charge in [-0.05, 0) is 42.9 Å². The van der Waals surface area contributed by atoms with Crippen LogP contribution in [0.25, 0.3) is 0 Å². The van der Waals surface area contributed by atoms with Crippen LogP contribution < -0.4 is 0 Å². The lowest BCUT2D eigenvalue weighted by Gasteiger charge is -2.61. The minimum atomic E-state index is -0.686. The third kappa shape index (κ3) is 2.72. The molecule has 3 rings (SSSR count). The molecule has 0 heterocycles. The molecule has 3 saturated carbocycles. The van der Waals surface area contributed by atoms with Crippen molar-refractivity contribution in [1.82, 2.24) is 0 Å². The van der Waals surface area contributed by atoms with Gasteiger partial charge >= 0.3 is 5.97 Å². The van der Waals surface area contributed by atoms with Gasteiger partial charge in [0.05, 0.1) is 6.10 Å². The summed E-state index contributed by atoms with van der Waals surface area (Å²) < 4.78 is 5.77. The van der Waals surface area contributed by atoms with E-state index < -0.39 is 35.6 Å². The van der Waals surface area contributed by atoms with Crippen molar-refractivity contribution in [3.63, 3.8) is 0 Å². The van der Waals surface area contributed by atoms with Crippen LogP contribution in [0.1, 0.15) is 59.8 Å². The van der Waals surface area contributed by atoms with E-state index in [0.29, 0.717) is 12.8 Å². The fraction of sp³-hybridized carbons (Fsp3) is 0.818. The van der Waals surface area contributed by atoms with E-state index in [0.717, 1.165) is 19.3 Å². The van der Waals surface area contributed by atoms with Gasteiger partial charge in [0.2, 0.25) is 0 Å². The largest absolute Gasteiger partial charge is 0.460 e. The molecule has 2 N–H and O–H groups in total. The van der Waals surface area contributed by atoms with Gasteiger partial charge in [0.25, 0.3) is 0 Å². The zero-order valence-corrected chi connectivity index (χ0v) is 17.0. The number of hydrogen-bond acceptors (Lipinski definition) is 5. The van der Waals surface area contributed by atoms with Crippen molar-refractivity contribution < 1.29 is 24.5 Å². The lowest BCUT2D eigenvalue weighted by atomic mass is 9.44. The summed E-state index contributed by atoms with van der Waals surface area (Å²) in [5.74, 6) is -0.520. The molecule has 5 nitrogen and oxygen atoms in total. The Labute approximate surface area is 162 Å². The number of carbonyl (C=O) groups is 2. The highest BCUT2D eigenvalue weighted by Gasteiger charge is 2.68. The number of rotatable bonds is 3. The maximum absolute atomic E-state index is 13.1. The van der Waals surface area contributed by atoms with E-state index >= 15 is 0 Å². The van der Waals surface area contributed by atoms with E-state index in [2.05, 4.69) is 27.4 Å². The molecule has 3 fully saturated rings. The second-order valence-corrected chi connectivity index (χ2v) is 9.72. The van der Waals surface area contributed by atoms with Crippen molar-refractivity contribution in [3.8, 4) is 0 Å². The van der Waals surface area contributed by atoms with Crippen molar-refractivity contribution in [1.29, 1.82) is 0 Å². The Balaban J connectivity index is 2.21. The Morgan fingerprint density at radius 2 is 2.00 bits per heavy atom. The van der Waals surface area contributed by atoms with Crippen LogP contribution in [0.5, 0.6) is 0 Å². The number of aliphatic hydroxyl groups excluding tert-OH is 2. The number of aliphatic hydroxyl groups is 2. The SMILES string of the molecule is C=C[C@]1(C)C[C@@H](OC(=O)CO)[C@@]2(C)C3C(=O)CC[C@]3(CC[C@H]2C)[C@@H](C)[C@@H]1O. The molecule has 2 bridgehead atoms. The molecule has 0 aliphatic heterocycles. The van der Waals surface area contributed by atoms with Crippen molar-refractivity contribution >= 4 is 11.8 Å². The molecule has 5 heteroatoms. The summed E-state index contributed by atoms with van der Waals surface area (Å²) in [5, 5.41) is 20.6. The van der Waals surface area contributed by atoms with Crippen molar-refractivity contribution in [2.45, 2.75) is 72.0 Å². The molecule has 3 aliphatic carbocycles. The molecule has 0 aromatic carbocycles. The maximum Gasteiger partial charge on any atom is 0.332 e. The van der Waals surface area contributed by atoms with E-state index in [-0.39, 0.29) is 29.0 Å². The van der Waals surface area contributed by atoms with Crippen LogP contribution in [0, 0.1) is 34.0 Å². The molecule has 3 aliphatic rings. The van der Waals surface area contributed by atoms with Gasteiger partial charge in [0.15, 0.2) is 0 Å². The van der Waals surface area contributed by atoms with Crippen LogP contribution in [-0.4, -0.2) is 40.8 Å². The molecule has 0 amide bonds. The summed E-state index contributed by atoms with van der Waals surface area (Å²) in [6, 6.07) is 0. The molecule has 152 valence electrons. The second-order valence-electron chi connectivity index (χ2n) is 9.72. The highest BCUT2D eigenvalue weighted by molar-refractivity contribution is 5.85. The quantitative estimate of drug-likeness (QED) is 0.583. The van der Waals surface area contributed by atoms with E-state index in [1.165, 1.54) is 0 Å². The Bertz CT molecular complexity index is 645. The minimum Gasteiger partial charge on any atom is -0.460 e. The fourth-order valence-electron chi connectivity index (χ4n) is 6.70. The monoisotopic (exact) mass is 378 g/mol. The summed E-state index contributed by atoms with van der Waals surface area (Å²) in [5.41, 5.74) is -1.43. The normalized spacial score (nSPS) is 49.7. The predicted octanol–water partition coefficient (Wildman–Crippen LogP) is 2.89. The first kappa shape index (κ1) is 20.5. The smallest absolute Gasteiger partial charge is 0.332 e. The van der Waals surface area contributed by atoms with Gasteiger partial charge in [-0.15, -0.1) is 6.58 Å². The molecule has 0 aromatic rings. The minimum absolute atomic E-state index is 0.0433. The number of carbonyl (C=O) groups excluding carboxylic acids is 2. The van der Waals surface area contributed by atoms with Gasteiger partial charge in [-0.25, -0.2) is 4.79 Å². The molecule has 0 spiro atoms. The molecule has 0 saturated heterocycles. The molecule has 0 aromatic heterocycles. The predicted molar refractivity (Wildman–Crippen MR) is 102 cm³/mol. The van der Waals surface area contributed by atoms with Gasteiger partial charge in [-0.2, -0.15) is 0 Å². The highest BCUT2D eigenvalue weighted by atomic mass is 16.6. The summed E-state index contributed by atoms with van der Waals surface area (Å²) in [4.78, 5) is 25.2. The molecular weight excluding hydrogens is 344 g/mol. The topological polar surface area (TPSA) is 83.8 Å². The Kier molecular flexibility index (Phi) is 5.09. The third-order valence-corrected chi connectivity index (χ3v) is 8.70. The molecule has 0 radical (unpaired) electrons. The lowest BCUT2D eigenvalue weighted by molar-refractivity contribution is -0.207. The van der Waals surface area contributed by atoms with Crippen molar-refractivity contribution in [3.05, 3.63) is 12.7 Å². The Hall–Kier alpha value is -1.20. The Morgan fingerprint density at radius 1 is 1.33 bits per heavy atom. The fourth-order valence-corrected chi connectivity index (χ4v) is 6.70. The summed E-state index contributed by atoms with van der Waals surface area (Å²) in [6.07, 6.45) is 4.10. The zero-order chi connectivity index (χ0) is 20.2. The van der Waals surface area contributed by atoms with Crippen molar-refractivity contribution in [2.24, 2.45) is 34.0 Å². The van der Waals surface area contributed by atoms with Gasteiger partial charge < -0.3 is 14.9 Å². The number of Topliss-reactive ketones (excluding diaryl/α,β-unsaturated/α-hetero) is 1. The van der Waals surface area contributed by atoms with Gasteiger partial charge in [0, 0.05) is 23.2 Å². The molecule has 1 unspecified atom stereocenters. The van der Waals surface area contributed by atoms with Crippen LogP contribution in [0.2, 0.25) is 0 Å². The van der Waals surface area contributed by atoms with Gasteiger partial charge in [0.1, 0.15) is 18.5 Å². The van der Waals surface area contributed by atoms with E-state index in [9.17, 15) is 19.8 Å². The molecule has 8 atom stereocenters. The number of ketones is 1. The number of esters is 1. The summed E-state index contributed by atoms with van der Waals surface area (Å²) in [7, 11) is 0. The standard InChI is InChI=1S/C22H34O5/c1-6-20(4)11-16(27-17(25)12-23)21(5)13(2)7-9-22(14(3)19(20)26)10-8-15(24)18(21)22/h6,13-14,16,18-19,23,26H,1,7-12H2,2-5H3/t13-,14+,16-,18?,19+,20-,21+,22-/m1/s1. The zero-order valence-electron chi connectivity index (χ0n) is 17.0. The van der Waals surface area contributed by atoms with Crippen LogP contribution >= 0.6 is 0 Å². The van der Waals surface area contributed by atoms with E-state index in [4.69, 9.17) is 4.74 Å². The van der Waals surface area contributed by atoms with Gasteiger partial charge in [-0.3, -0.25) is 4.79 Å². The van der Waals surface area contributed by atoms with E-state index in [1.54, 1.807) is 6.08 Å². The van der Waals surface area contributed by atoms with Crippen molar-refractivity contribution in [2.75, 3.05) is 6.61 Å². The first-order valence-electron chi connectivity index (χ1n) is 10.2. The van der Waals surface area contributed by atoms with Crippen LogP contribution in [0.15, 0.2) is 12.7 Å². The highest BCUT2D eigenvalue weighted by Crippen LogP contribution is 2.67. The molecular formula is C22H34O5. The van der Waals surface area contributed by atoms with E-state index in [1.807, 2.05) is 6.92 Å². The average molecular weight is 379 g/mol. The Morgan fingerprint density at radius 3 is 2.59 bits per heavy atom. The first-order valence-corrected chi connectivity index (χ1v) is 10.2. The molecule has 27 heavy (non-hydrogen) atoms. The second kappa shape index (κ2) is 6.70. The van der Waals surface area contributed by atoms with Crippen LogP contribution in [-0.2, 0) is 14.3 Å². The number of ether oxygens (including phenoxy) is 1. The van der Waals surface area contributed by atoms with Crippen LogP contribution in [0.4, 0.5) is 0 Å². The first-order chi connectivity index (χ1) is 12.6. The summed E-state index contributed by atoms with van der Waals surface area (Å²) >= 11 is 0. The van der Waals surface area contributed by atoms with Crippen LogP contribution in [0.3, 0.4) is 0 Å². The average Bonchev–Trinajstić information content (AvgIpc) is 3.00. The van der Waals surface area contributed by atoms with Gasteiger partial charge in [-0.1, -0.05) is 33.8 Å². The third-order valence-electron chi connectivity index (χ3n) is 8.70. The summed E-state index contributed by atoms with van der Waals surface area (Å²) in [6.45, 7) is 11.5. The number of hydrogen-bond donors (Lipinski definition) is 2. The lowest BCUT2D eigenvalue weighted by Crippen LogP contribution is -2.63. The maximum atomic E-state index is 13.1.